The summed E-state index contributed by atoms with van der Waals surface area (Å²) in [6.07, 6.45) is 0. The van der Waals surface area contributed by atoms with Crippen molar-refractivity contribution in [1.82, 2.24) is 4.72 Å². The summed E-state index contributed by atoms with van der Waals surface area (Å²) >= 11 is 0. The molecule has 0 aliphatic heterocycles. The van der Waals surface area contributed by atoms with Crippen molar-refractivity contribution in [3.63, 3.8) is 0 Å². The molecule has 0 unspecified atom stereocenters. The van der Waals surface area contributed by atoms with Crippen LogP contribution in [0, 0.1) is 0 Å². The molecule has 0 fully saturated rings. The summed E-state index contributed by atoms with van der Waals surface area (Å²) < 4.78 is 34.3. The molecule has 0 atom stereocenters. The Hall–Kier alpha value is -1.31. The van der Waals surface area contributed by atoms with Crippen LogP contribution in [0.3, 0.4) is 0 Å². The molecule has 0 aliphatic carbocycles. The lowest BCUT2D eigenvalue weighted by molar-refractivity contribution is 0.336. The van der Waals surface area contributed by atoms with Gasteiger partial charge < -0.3 is 10.5 Å². The van der Waals surface area contributed by atoms with Gasteiger partial charge in [0.25, 0.3) is 10.2 Å². The second-order valence-corrected chi connectivity index (χ2v) is 6.83. The van der Waals surface area contributed by atoms with Crippen molar-refractivity contribution >= 4 is 15.9 Å². The van der Waals surface area contributed by atoms with Crippen molar-refractivity contribution in [2.45, 2.75) is 39.8 Å². The van der Waals surface area contributed by atoms with E-state index in [4.69, 9.17) is 10.5 Å². The molecule has 4 N–H and O–H groups in total. The van der Waals surface area contributed by atoms with Crippen LogP contribution in [0.1, 0.15) is 33.3 Å². The highest BCUT2D eigenvalue weighted by molar-refractivity contribution is 7.90. The van der Waals surface area contributed by atoms with Gasteiger partial charge in [0.15, 0.2) is 0 Å². The Morgan fingerprint density at radius 3 is 2.45 bits per heavy atom. The molecule has 0 bridgehead atoms. The minimum atomic E-state index is -3.62. The number of hydrogen-bond acceptors (Lipinski definition) is 4. The number of benzene rings is 1. The fourth-order valence-corrected chi connectivity index (χ4v) is 2.98. The van der Waals surface area contributed by atoms with Crippen LogP contribution in [-0.4, -0.2) is 20.6 Å². The highest BCUT2D eigenvalue weighted by Crippen LogP contribution is 2.23. The molecule has 1 aromatic rings. The normalized spacial score (nSPS) is 12.2. The number of nitrogens with one attached hydrogen (secondary N) is 2. The SMILES string of the molecule is CCOc1ccc(NS(=O)(=O)NC(C)(C)C)cc1CN. The molecular formula is C13H23N3O3S. The summed E-state index contributed by atoms with van der Waals surface area (Å²) in [4.78, 5) is 0. The summed E-state index contributed by atoms with van der Waals surface area (Å²) in [5.41, 5.74) is 6.30. The maximum atomic E-state index is 11.9. The summed E-state index contributed by atoms with van der Waals surface area (Å²) in [6.45, 7) is 8.01. The standard InChI is InChI=1S/C13H23N3O3S/c1-5-19-12-7-6-11(8-10(12)9-14)15-20(17,18)16-13(2,3)4/h6-8,15-16H,5,9,14H2,1-4H3. The molecule has 114 valence electrons. The fourth-order valence-electron chi connectivity index (χ4n) is 1.68. The van der Waals surface area contributed by atoms with Gasteiger partial charge in [0.1, 0.15) is 5.75 Å². The Morgan fingerprint density at radius 2 is 1.95 bits per heavy atom. The van der Waals surface area contributed by atoms with Gasteiger partial charge in [0, 0.05) is 17.6 Å². The van der Waals surface area contributed by atoms with Crippen LogP contribution in [0.4, 0.5) is 5.69 Å². The first-order chi connectivity index (χ1) is 9.17. The third-order valence-electron chi connectivity index (χ3n) is 2.27. The minimum Gasteiger partial charge on any atom is -0.494 e. The molecule has 7 heteroatoms. The number of anilines is 1. The fraction of sp³-hybridized carbons (Fsp3) is 0.538. The zero-order valence-corrected chi connectivity index (χ0v) is 13.2. The van der Waals surface area contributed by atoms with E-state index in [1.807, 2.05) is 6.92 Å². The van der Waals surface area contributed by atoms with Gasteiger partial charge in [0.05, 0.1) is 12.3 Å². The zero-order valence-electron chi connectivity index (χ0n) is 12.4. The number of rotatable bonds is 6. The molecule has 0 radical (unpaired) electrons. The summed E-state index contributed by atoms with van der Waals surface area (Å²) in [7, 11) is -3.62. The first-order valence-electron chi connectivity index (χ1n) is 6.44. The highest BCUT2D eigenvalue weighted by atomic mass is 32.2. The highest BCUT2D eigenvalue weighted by Gasteiger charge is 2.19. The molecule has 0 aromatic heterocycles. The van der Waals surface area contributed by atoms with E-state index in [0.717, 1.165) is 5.56 Å². The maximum absolute atomic E-state index is 11.9. The Morgan fingerprint density at radius 1 is 1.30 bits per heavy atom. The Kier molecular flexibility index (Phi) is 5.38. The van der Waals surface area contributed by atoms with Crippen molar-refractivity contribution in [2.75, 3.05) is 11.3 Å². The van der Waals surface area contributed by atoms with E-state index in [-0.39, 0.29) is 6.54 Å². The molecular weight excluding hydrogens is 278 g/mol. The molecule has 0 heterocycles. The average Bonchev–Trinajstić information content (AvgIpc) is 2.27. The molecule has 0 spiro atoms. The van der Waals surface area contributed by atoms with Gasteiger partial charge in [-0.05, 0) is 45.9 Å². The van der Waals surface area contributed by atoms with E-state index >= 15 is 0 Å². The van der Waals surface area contributed by atoms with Gasteiger partial charge in [-0.25, -0.2) is 0 Å². The zero-order chi connectivity index (χ0) is 15.4. The topological polar surface area (TPSA) is 93.4 Å². The first-order valence-corrected chi connectivity index (χ1v) is 7.92. The van der Waals surface area contributed by atoms with Crippen molar-refractivity contribution in [1.29, 1.82) is 0 Å². The van der Waals surface area contributed by atoms with Crippen LogP contribution >= 0.6 is 0 Å². The van der Waals surface area contributed by atoms with Crippen LogP contribution in [0.15, 0.2) is 18.2 Å². The van der Waals surface area contributed by atoms with Gasteiger partial charge in [-0.2, -0.15) is 13.1 Å². The third kappa shape index (κ3) is 5.36. The van der Waals surface area contributed by atoms with E-state index in [2.05, 4.69) is 9.44 Å². The van der Waals surface area contributed by atoms with Crippen molar-refractivity contribution in [3.05, 3.63) is 23.8 Å². The van der Waals surface area contributed by atoms with E-state index in [1.54, 1.807) is 39.0 Å². The van der Waals surface area contributed by atoms with E-state index < -0.39 is 15.7 Å². The third-order valence-corrected chi connectivity index (χ3v) is 3.66. The monoisotopic (exact) mass is 301 g/mol. The van der Waals surface area contributed by atoms with Crippen LogP contribution in [0.5, 0.6) is 5.75 Å². The quantitative estimate of drug-likeness (QED) is 0.744. The van der Waals surface area contributed by atoms with Crippen LogP contribution < -0.4 is 19.9 Å². The van der Waals surface area contributed by atoms with Crippen LogP contribution in [0.25, 0.3) is 0 Å². The van der Waals surface area contributed by atoms with Gasteiger partial charge in [-0.15, -0.1) is 0 Å². The Labute approximate surface area is 120 Å². The van der Waals surface area contributed by atoms with Crippen molar-refractivity contribution in [2.24, 2.45) is 5.73 Å². The lowest BCUT2D eigenvalue weighted by Crippen LogP contribution is -2.43. The molecule has 1 rings (SSSR count). The Balaban J connectivity index is 2.93. The van der Waals surface area contributed by atoms with Gasteiger partial charge in [0.2, 0.25) is 0 Å². The van der Waals surface area contributed by atoms with E-state index in [0.29, 0.717) is 18.0 Å². The van der Waals surface area contributed by atoms with Gasteiger partial charge in [-0.3, -0.25) is 4.72 Å². The molecule has 0 amide bonds. The lowest BCUT2D eigenvalue weighted by Gasteiger charge is -2.21. The van der Waals surface area contributed by atoms with Crippen LogP contribution in [-0.2, 0) is 16.8 Å². The second kappa shape index (κ2) is 6.43. The number of ether oxygens (including phenoxy) is 1. The largest absolute Gasteiger partial charge is 0.494 e. The van der Waals surface area contributed by atoms with Crippen molar-refractivity contribution < 1.29 is 13.2 Å². The maximum Gasteiger partial charge on any atom is 0.299 e. The van der Waals surface area contributed by atoms with E-state index in [1.165, 1.54) is 0 Å². The summed E-state index contributed by atoms with van der Waals surface area (Å²) in [6, 6.07) is 5.03. The summed E-state index contributed by atoms with van der Waals surface area (Å²) in [5, 5.41) is 0. The van der Waals surface area contributed by atoms with E-state index in [9.17, 15) is 8.42 Å². The lowest BCUT2D eigenvalue weighted by atomic mass is 10.1. The summed E-state index contributed by atoms with van der Waals surface area (Å²) in [5.74, 6) is 0.668. The minimum absolute atomic E-state index is 0.275. The number of hydrogen-bond donors (Lipinski definition) is 3. The second-order valence-electron chi connectivity index (χ2n) is 5.42. The smallest absolute Gasteiger partial charge is 0.299 e. The molecule has 20 heavy (non-hydrogen) atoms. The molecule has 0 saturated heterocycles. The van der Waals surface area contributed by atoms with Crippen LogP contribution in [0.2, 0.25) is 0 Å². The first kappa shape index (κ1) is 16.7. The average molecular weight is 301 g/mol. The molecule has 0 saturated carbocycles. The Bertz CT molecular complexity index is 550. The molecule has 0 aliphatic rings. The van der Waals surface area contributed by atoms with Gasteiger partial charge in [-0.1, -0.05) is 0 Å². The predicted octanol–water partition coefficient (Wildman–Crippen LogP) is 1.59. The predicted molar refractivity (Wildman–Crippen MR) is 80.9 cm³/mol. The number of nitrogens with two attached hydrogens (primary N) is 1. The van der Waals surface area contributed by atoms with Gasteiger partial charge >= 0.3 is 0 Å². The molecule has 6 nitrogen and oxygen atoms in total. The van der Waals surface area contributed by atoms with Crippen molar-refractivity contribution in [3.8, 4) is 5.75 Å². The molecule has 1 aromatic carbocycles.